The van der Waals surface area contributed by atoms with Gasteiger partial charge in [0.25, 0.3) is 0 Å². The van der Waals surface area contributed by atoms with Crippen LogP contribution in [0, 0.1) is 5.41 Å². The van der Waals surface area contributed by atoms with E-state index in [0.717, 1.165) is 0 Å². The molecule has 2 rings (SSSR count). The summed E-state index contributed by atoms with van der Waals surface area (Å²) in [4.78, 5) is 35.2. The van der Waals surface area contributed by atoms with Crippen molar-refractivity contribution in [1.29, 1.82) is 0 Å². The molecule has 1 aromatic carbocycles. The third kappa shape index (κ3) is 5.92. The third-order valence-corrected chi connectivity index (χ3v) is 5.18. The summed E-state index contributed by atoms with van der Waals surface area (Å²) >= 11 is 2.46. The van der Waals surface area contributed by atoms with Gasteiger partial charge < -0.3 is 10.6 Å². The first kappa shape index (κ1) is 20.1. The average Bonchev–Trinajstić information content (AvgIpc) is 3.00. The molecule has 0 aliphatic rings. The van der Waals surface area contributed by atoms with Crippen LogP contribution in [0.25, 0.3) is 0 Å². The fourth-order valence-electron chi connectivity index (χ4n) is 1.72. The molecule has 138 valence electrons. The molecule has 0 aliphatic carbocycles. The number of carbonyl (C=O) groups is 3. The molecule has 9 heteroatoms. The van der Waals surface area contributed by atoms with Crippen molar-refractivity contribution < 1.29 is 14.4 Å². The smallest absolute Gasteiger partial charge is 0.234 e. The largest absolute Gasteiger partial charge is 0.325 e. The maximum atomic E-state index is 12.0. The number of thioether (sulfide) groups is 1. The van der Waals surface area contributed by atoms with Crippen molar-refractivity contribution in [3.8, 4) is 0 Å². The highest BCUT2D eigenvalue weighted by Crippen LogP contribution is 2.27. The second kappa shape index (κ2) is 8.41. The van der Waals surface area contributed by atoms with Gasteiger partial charge in [0, 0.05) is 16.7 Å². The van der Waals surface area contributed by atoms with Gasteiger partial charge in [0.05, 0.1) is 5.75 Å². The number of Topliss-reactive ketones (excluding diaryl/α,β-unsaturated/α-hetero) is 1. The standard InChI is InChI=1S/C17H20N4O3S2/c1-10(22)11-5-7-12(8-6-11)18-13(23)9-25-16-21-20-15(26-16)19-14(24)17(2,3)4/h5-8H,9H2,1-4H3,(H,18,23)(H,19,20,24). The monoisotopic (exact) mass is 392 g/mol. The van der Waals surface area contributed by atoms with Crippen LogP contribution in [-0.2, 0) is 9.59 Å². The van der Waals surface area contributed by atoms with Gasteiger partial charge in [-0.2, -0.15) is 0 Å². The van der Waals surface area contributed by atoms with E-state index in [1.54, 1.807) is 24.3 Å². The molecule has 7 nitrogen and oxygen atoms in total. The second-order valence-corrected chi connectivity index (χ2v) is 8.75. The molecular formula is C17H20N4O3S2. The fourth-order valence-corrected chi connectivity index (χ4v) is 3.26. The summed E-state index contributed by atoms with van der Waals surface area (Å²) in [6.45, 7) is 6.93. The lowest BCUT2D eigenvalue weighted by Gasteiger charge is -2.15. The van der Waals surface area contributed by atoms with Crippen molar-refractivity contribution in [2.75, 3.05) is 16.4 Å². The van der Waals surface area contributed by atoms with E-state index in [-0.39, 0.29) is 23.4 Å². The van der Waals surface area contributed by atoms with Crippen molar-refractivity contribution in [3.05, 3.63) is 29.8 Å². The van der Waals surface area contributed by atoms with Crippen molar-refractivity contribution in [2.45, 2.75) is 32.0 Å². The van der Waals surface area contributed by atoms with Crippen molar-refractivity contribution in [2.24, 2.45) is 5.41 Å². The number of nitrogens with one attached hydrogen (secondary N) is 2. The van der Waals surface area contributed by atoms with Gasteiger partial charge in [0.1, 0.15) is 0 Å². The van der Waals surface area contributed by atoms with Gasteiger partial charge in [-0.25, -0.2) is 0 Å². The highest BCUT2D eigenvalue weighted by molar-refractivity contribution is 8.01. The molecule has 0 saturated carbocycles. The van der Waals surface area contributed by atoms with Gasteiger partial charge in [0.15, 0.2) is 10.1 Å². The van der Waals surface area contributed by atoms with Gasteiger partial charge in [-0.1, -0.05) is 43.9 Å². The number of hydrogen-bond donors (Lipinski definition) is 2. The third-order valence-electron chi connectivity index (χ3n) is 3.21. The number of aromatic nitrogens is 2. The predicted octanol–water partition coefficient (Wildman–Crippen LogP) is 3.46. The van der Waals surface area contributed by atoms with Crippen LogP contribution in [0.3, 0.4) is 0 Å². The lowest BCUT2D eigenvalue weighted by molar-refractivity contribution is -0.123. The van der Waals surface area contributed by atoms with E-state index < -0.39 is 5.41 Å². The van der Waals surface area contributed by atoms with E-state index in [4.69, 9.17) is 0 Å². The van der Waals surface area contributed by atoms with Crippen LogP contribution in [0.1, 0.15) is 38.1 Å². The molecular weight excluding hydrogens is 372 g/mol. The Morgan fingerprint density at radius 3 is 2.31 bits per heavy atom. The Hall–Kier alpha value is -2.26. The summed E-state index contributed by atoms with van der Waals surface area (Å²) in [5.41, 5.74) is 0.698. The van der Waals surface area contributed by atoms with Crippen molar-refractivity contribution >= 4 is 51.5 Å². The zero-order chi connectivity index (χ0) is 19.3. The van der Waals surface area contributed by atoms with Gasteiger partial charge in [-0.15, -0.1) is 10.2 Å². The number of benzene rings is 1. The SMILES string of the molecule is CC(=O)c1ccc(NC(=O)CSc2nnc(NC(=O)C(C)(C)C)s2)cc1. The normalized spacial score (nSPS) is 11.1. The molecule has 2 amide bonds. The topological polar surface area (TPSA) is 101 Å². The Balaban J connectivity index is 1.84. The molecule has 0 fully saturated rings. The molecule has 26 heavy (non-hydrogen) atoms. The zero-order valence-corrected chi connectivity index (χ0v) is 16.6. The lowest BCUT2D eigenvalue weighted by atomic mass is 9.96. The molecule has 0 saturated heterocycles. The maximum Gasteiger partial charge on any atom is 0.234 e. The Morgan fingerprint density at radius 1 is 1.08 bits per heavy atom. The highest BCUT2D eigenvalue weighted by Gasteiger charge is 2.22. The van der Waals surface area contributed by atoms with Gasteiger partial charge in [-0.05, 0) is 31.2 Å². The summed E-state index contributed by atoms with van der Waals surface area (Å²) in [7, 11) is 0. The van der Waals surface area contributed by atoms with Crippen LogP contribution in [0.2, 0.25) is 0 Å². The summed E-state index contributed by atoms with van der Waals surface area (Å²) in [5.74, 6) is -0.196. The van der Waals surface area contributed by atoms with E-state index in [9.17, 15) is 14.4 Å². The molecule has 0 spiro atoms. The summed E-state index contributed by atoms with van der Waals surface area (Å²) < 4.78 is 0.594. The minimum absolute atomic E-state index is 0.0240. The van der Waals surface area contributed by atoms with Gasteiger partial charge in [-0.3, -0.25) is 14.4 Å². The molecule has 0 atom stereocenters. The molecule has 1 aromatic heterocycles. The Bertz CT molecular complexity index is 810. The quantitative estimate of drug-likeness (QED) is 0.443. The average molecular weight is 393 g/mol. The molecule has 0 radical (unpaired) electrons. The number of amides is 2. The van der Waals surface area contributed by atoms with E-state index in [2.05, 4.69) is 20.8 Å². The summed E-state index contributed by atoms with van der Waals surface area (Å²) in [5, 5.41) is 13.7. The van der Waals surface area contributed by atoms with Crippen LogP contribution in [0.4, 0.5) is 10.8 Å². The Morgan fingerprint density at radius 2 is 1.73 bits per heavy atom. The van der Waals surface area contributed by atoms with Gasteiger partial charge >= 0.3 is 0 Å². The minimum atomic E-state index is -0.517. The highest BCUT2D eigenvalue weighted by atomic mass is 32.2. The number of carbonyl (C=O) groups excluding carboxylic acids is 3. The van der Waals surface area contributed by atoms with Crippen LogP contribution in [-0.4, -0.2) is 33.5 Å². The second-order valence-electron chi connectivity index (χ2n) is 6.55. The number of hydrogen-bond acceptors (Lipinski definition) is 7. The van der Waals surface area contributed by atoms with Crippen LogP contribution in [0.15, 0.2) is 28.6 Å². The maximum absolute atomic E-state index is 12.0. The Labute approximate surface area is 160 Å². The first-order valence-electron chi connectivity index (χ1n) is 7.84. The van der Waals surface area contributed by atoms with Crippen molar-refractivity contribution in [3.63, 3.8) is 0 Å². The van der Waals surface area contributed by atoms with Gasteiger partial charge in [0.2, 0.25) is 16.9 Å². The van der Waals surface area contributed by atoms with Crippen molar-refractivity contribution in [1.82, 2.24) is 10.2 Å². The predicted molar refractivity (Wildman–Crippen MR) is 104 cm³/mol. The molecule has 2 aromatic rings. The van der Waals surface area contributed by atoms with E-state index in [1.165, 1.54) is 30.0 Å². The van der Waals surface area contributed by atoms with E-state index in [1.807, 2.05) is 20.8 Å². The molecule has 0 aliphatic heterocycles. The van der Waals surface area contributed by atoms with Crippen LogP contribution >= 0.6 is 23.1 Å². The summed E-state index contributed by atoms with van der Waals surface area (Å²) in [6, 6.07) is 6.70. The molecule has 0 bridgehead atoms. The first-order chi connectivity index (χ1) is 12.1. The van der Waals surface area contributed by atoms with Crippen LogP contribution < -0.4 is 10.6 Å². The fraction of sp³-hybridized carbons (Fsp3) is 0.353. The Kier molecular flexibility index (Phi) is 6.49. The molecule has 2 N–H and O–H groups in total. The summed E-state index contributed by atoms with van der Waals surface area (Å²) in [6.07, 6.45) is 0. The van der Waals surface area contributed by atoms with E-state index >= 15 is 0 Å². The number of anilines is 2. The van der Waals surface area contributed by atoms with Crippen LogP contribution in [0.5, 0.6) is 0 Å². The number of ketones is 1. The lowest BCUT2D eigenvalue weighted by Crippen LogP contribution is -2.27. The molecule has 1 heterocycles. The number of nitrogens with zero attached hydrogens (tertiary/aromatic N) is 2. The van der Waals surface area contributed by atoms with E-state index in [0.29, 0.717) is 20.7 Å². The minimum Gasteiger partial charge on any atom is -0.325 e. The first-order valence-corrected chi connectivity index (χ1v) is 9.64. The number of rotatable bonds is 6. The molecule has 0 unspecified atom stereocenters. The zero-order valence-electron chi connectivity index (χ0n) is 15.0.